The average molecular weight is 474 g/mol. The summed E-state index contributed by atoms with van der Waals surface area (Å²) in [5.74, 6) is 0.00829. The second-order valence-electron chi connectivity index (χ2n) is 6.34. The molecule has 11 nitrogen and oxygen atoms in total. The van der Waals surface area contributed by atoms with Crippen LogP contribution in [0.15, 0.2) is 63.2 Å². The lowest BCUT2D eigenvalue weighted by Crippen LogP contribution is -2.18. The van der Waals surface area contributed by atoms with E-state index in [1.54, 1.807) is 11.4 Å². The molecule has 2 aromatic carbocycles. The van der Waals surface area contributed by atoms with Gasteiger partial charge < -0.3 is 9.47 Å². The van der Waals surface area contributed by atoms with E-state index >= 15 is 0 Å². The van der Waals surface area contributed by atoms with Crippen molar-refractivity contribution in [2.75, 3.05) is 11.5 Å². The summed E-state index contributed by atoms with van der Waals surface area (Å²) in [5, 5.41) is 16.7. The Bertz CT molecular complexity index is 1300. The number of anilines is 1. The molecule has 2 N–H and O–H groups in total. The molecule has 0 fully saturated rings. The Labute approximate surface area is 185 Å². The van der Waals surface area contributed by atoms with Crippen molar-refractivity contribution >= 4 is 44.9 Å². The van der Waals surface area contributed by atoms with Gasteiger partial charge in [-0.25, -0.2) is 13.8 Å². The number of sulfonamides is 1. The van der Waals surface area contributed by atoms with E-state index in [0.29, 0.717) is 5.75 Å². The zero-order chi connectivity index (χ0) is 22.7. The first kappa shape index (κ1) is 21.3. The number of hydrazone groups is 1. The molecular weight excluding hydrogens is 460 g/mol. The molecule has 0 atom stereocenters. The first-order valence-corrected chi connectivity index (χ1v) is 11.3. The van der Waals surface area contributed by atoms with E-state index in [4.69, 9.17) is 9.47 Å². The average Bonchev–Trinajstić information content (AvgIpc) is 3.45. The molecule has 1 amide bonds. The Kier molecular flexibility index (Phi) is 5.75. The van der Waals surface area contributed by atoms with Crippen molar-refractivity contribution in [2.45, 2.75) is 4.21 Å². The number of rotatable bonds is 7. The Hall–Kier alpha value is -3.97. The van der Waals surface area contributed by atoms with E-state index in [1.165, 1.54) is 42.5 Å². The minimum Gasteiger partial charge on any atom is -0.454 e. The lowest BCUT2D eigenvalue weighted by atomic mass is 10.1. The molecule has 1 aromatic heterocycles. The number of benzene rings is 2. The van der Waals surface area contributed by atoms with Crippen LogP contribution in [0.3, 0.4) is 0 Å². The van der Waals surface area contributed by atoms with Crippen molar-refractivity contribution in [1.82, 2.24) is 5.43 Å². The zero-order valence-corrected chi connectivity index (χ0v) is 17.7. The maximum absolute atomic E-state index is 12.3. The fraction of sp³-hybridized carbons (Fsp3) is 0.0526. The first-order chi connectivity index (χ1) is 15.3. The van der Waals surface area contributed by atoms with Gasteiger partial charge in [0.2, 0.25) is 6.79 Å². The van der Waals surface area contributed by atoms with Crippen molar-refractivity contribution in [1.29, 1.82) is 0 Å². The Morgan fingerprint density at radius 3 is 2.53 bits per heavy atom. The second kappa shape index (κ2) is 8.64. The fourth-order valence-electron chi connectivity index (χ4n) is 2.74. The Balaban J connectivity index is 1.43. The number of hydrogen-bond acceptors (Lipinski definition) is 9. The molecule has 3 aromatic rings. The summed E-state index contributed by atoms with van der Waals surface area (Å²) in [7, 11) is -3.69. The van der Waals surface area contributed by atoms with E-state index in [-0.39, 0.29) is 39.3 Å². The smallest absolute Gasteiger partial charge is 0.282 e. The number of fused-ring (bicyclic) bond motifs is 1. The highest BCUT2D eigenvalue weighted by atomic mass is 32.2. The van der Waals surface area contributed by atoms with Gasteiger partial charge in [-0.2, -0.15) is 5.10 Å². The predicted octanol–water partition coefficient (Wildman–Crippen LogP) is 2.95. The van der Waals surface area contributed by atoms with E-state index in [2.05, 4.69) is 15.2 Å². The number of nitro groups is 1. The van der Waals surface area contributed by atoms with Gasteiger partial charge in [-0.05, 0) is 41.8 Å². The fourth-order valence-corrected chi connectivity index (χ4v) is 4.80. The molecule has 0 bridgehead atoms. The van der Waals surface area contributed by atoms with Crippen LogP contribution in [0.5, 0.6) is 11.5 Å². The van der Waals surface area contributed by atoms with Crippen LogP contribution in [0, 0.1) is 10.1 Å². The van der Waals surface area contributed by atoms with Crippen LogP contribution in [0.2, 0.25) is 0 Å². The lowest BCUT2D eigenvalue weighted by Gasteiger charge is -2.07. The third-order valence-corrected chi connectivity index (χ3v) is 7.03. The second-order valence-corrected chi connectivity index (χ2v) is 9.19. The van der Waals surface area contributed by atoms with Gasteiger partial charge in [0.25, 0.3) is 21.6 Å². The van der Waals surface area contributed by atoms with Gasteiger partial charge in [0.05, 0.1) is 22.8 Å². The molecule has 164 valence electrons. The standard InChI is InChI=1S/C19H14N4O7S2/c24-19(12-3-5-14(6-4-12)22-32(27,28)18-2-1-7-31-18)21-20-10-13-8-16-17(30-11-29-16)9-15(13)23(25)26/h1-10,22H,11H2,(H,21,24)/b20-10-. The van der Waals surface area contributed by atoms with Crippen LogP contribution in [0.1, 0.15) is 15.9 Å². The minimum atomic E-state index is -3.69. The molecule has 1 aliphatic rings. The van der Waals surface area contributed by atoms with Crippen LogP contribution < -0.4 is 19.6 Å². The highest BCUT2D eigenvalue weighted by molar-refractivity contribution is 7.94. The minimum absolute atomic E-state index is 0.0384. The number of carbonyl (C=O) groups is 1. The molecule has 32 heavy (non-hydrogen) atoms. The summed E-state index contributed by atoms with van der Waals surface area (Å²) in [4.78, 5) is 22.9. The van der Waals surface area contributed by atoms with Gasteiger partial charge in [0.1, 0.15) is 4.21 Å². The molecule has 2 heterocycles. The van der Waals surface area contributed by atoms with Crippen LogP contribution >= 0.6 is 11.3 Å². The number of thiophene rings is 1. The Morgan fingerprint density at radius 1 is 1.16 bits per heavy atom. The maximum atomic E-state index is 12.3. The number of amides is 1. The van der Waals surface area contributed by atoms with Crippen LogP contribution in [0.25, 0.3) is 0 Å². The van der Waals surface area contributed by atoms with Gasteiger partial charge in [0, 0.05) is 11.3 Å². The summed E-state index contributed by atoms with van der Waals surface area (Å²) in [6.45, 7) is -0.0384. The molecule has 0 aliphatic carbocycles. The number of nitro benzene ring substituents is 1. The number of nitrogens with one attached hydrogen (secondary N) is 2. The molecule has 4 rings (SSSR count). The van der Waals surface area contributed by atoms with E-state index in [9.17, 15) is 23.3 Å². The number of carbonyl (C=O) groups excluding carboxylic acids is 1. The normalized spacial score (nSPS) is 12.6. The van der Waals surface area contributed by atoms with Crippen molar-refractivity contribution in [3.05, 3.63) is 75.2 Å². The third-order valence-electron chi connectivity index (χ3n) is 4.25. The largest absolute Gasteiger partial charge is 0.454 e. The van der Waals surface area contributed by atoms with Gasteiger partial charge >= 0.3 is 0 Å². The molecule has 0 unspecified atom stereocenters. The zero-order valence-electron chi connectivity index (χ0n) is 16.0. The van der Waals surface area contributed by atoms with Crippen LogP contribution in [-0.2, 0) is 10.0 Å². The maximum Gasteiger partial charge on any atom is 0.282 e. The van der Waals surface area contributed by atoms with E-state index in [1.807, 2.05) is 0 Å². The van der Waals surface area contributed by atoms with Crippen LogP contribution in [-0.4, -0.2) is 32.3 Å². The van der Waals surface area contributed by atoms with Gasteiger partial charge in [-0.15, -0.1) is 11.3 Å². The molecule has 0 spiro atoms. The summed E-state index contributed by atoms with van der Waals surface area (Å²) in [5.41, 5.74) is 2.63. The quantitative estimate of drug-likeness (QED) is 0.304. The van der Waals surface area contributed by atoms with Crippen molar-refractivity contribution < 1.29 is 27.6 Å². The SMILES string of the molecule is O=C(N/N=C\c1cc2c(cc1[N+](=O)[O-])OCO2)c1ccc(NS(=O)(=O)c2cccs2)cc1. The summed E-state index contributed by atoms with van der Waals surface area (Å²) in [6.07, 6.45) is 1.13. The van der Waals surface area contributed by atoms with Gasteiger partial charge in [0.15, 0.2) is 11.5 Å². The predicted molar refractivity (Wildman–Crippen MR) is 116 cm³/mol. The van der Waals surface area contributed by atoms with E-state index < -0.39 is 20.9 Å². The van der Waals surface area contributed by atoms with Crippen molar-refractivity contribution in [2.24, 2.45) is 5.10 Å². The third kappa shape index (κ3) is 4.53. The Morgan fingerprint density at radius 2 is 1.88 bits per heavy atom. The van der Waals surface area contributed by atoms with Crippen LogP contribution in [0.4, 0.5) is 11.4 Å². The molecule has 0 saturated heterocycles. The van der Waals surface area contributed by atoms with E-state index in [0.717, 1.165) is 17.6 Å². The highest BCUT2D eigenvalue weighted by Gasteiger charge is 2.22. The van der Waals surface area contributed by atoms with Gasteiger partial charge in [-0.3, -0.25) is 19.6 Å². The molecule has 13 heteroatoms. The lowest BCUT2D eigenvalue weighted by molar-refractivity contribution is -0.385. The number of ether oxygens (including phenoxy) is 2. The van der Waals surface area contributed by atoms with Crippen molar-refractivity contribution in [3.8, 4) is 11.5 Å². The first-order valence-electron chi connectivity index (χ1n) is 8.91. The number of nitrogens with zero attached hydrogens (tertiary/aromatic N) is 2. The monoisotopic (exact) mass is 474 g/mol. The molecule has 0 radical (unpaired) electrons. The molecular formula is C19H14N4O7S2. The number of hydrogen-bond donors (Lipinski definition) is 2. The summed E-state index contributed by atoms with van der Waals surface area (Å²) >= 11 is 1.09. The van der Waals surface area contributed by atoms with Crippen molar-refractivity contribution in [3.63, 3.8) is 0 Å². The topological polar surface area (TPSA) is 149 Å². The summed E-state index contributed by atoms with van der Waals surface area (Å²) < 4.78 is 37.4. The summed E-state index contributed by atoms with van der Waals surface area (Å²) in [6, 6.07) is 11.4. The highest BCUT2D eigenvalue weighted by Crippen LogP contribution is 2.37. The van der Waals surface area contributed by atoms with Gasteiger partial charge in [-0.1, -0.05) is 6.07 Å². The molecule has 0 saturated carbocycles. The molecule has 1 aliphatic heterocycles.